The van der Waals surface area contributed by atoms with Crippen LogP contribution in [-0.4, -0.2) is 21.0 Å². The fourth-order valence-electron chi connectivity index (χ4n) is 4.08. The van der Waals surface area contributed by atoms with E-state index in [9.17, 15) is 4.39 Å². The summed E-state index contributed by atoms with van der Waals surface area (Å²) in [6.45, 7) is 2.96. The van der Waals surface area contributed by atoms with Crippen LogP contribution < -0.4 is 15.8 Å². The molecule has 30 heavy (non-hydrogen) atoms. The van der Waals surface area contributed by atoms with Gasteiger partial charge in [-0.1, -0.05) is 25.1 Å². The van der Waals surface area contributed by atoms with Crippen molar-refractivity contribution in [3.05, 3.63) is 71.6 Å². The molecule has 0 saturated heterocycles. The number of hydrogen-bond donors (Lipinski definition) is 2. The molecule has 5 rings (SSSR count). The first-order chi connectivity index (χ1) is 14.7. The summed E-state index contributed by atoms with van der Waals surface area (Å²) in [5, 5.41) is 3.29. The molecule has 0 amide bonds. The first-order valence-electron chi connectivity index (χ1n) is 10.0. The van der Waals surface area contributed by atoms with Gasteiger partial charge in [0.15, 0.2) is 0 Å². The van der Waals surface area contributed by atoms with Crippen molar-refractivity contribution >= 4 is 17.2 Å². The number of hydrogen-bond acceptors (Lipinski definition) is 5. The van der Waals surface area contributed by atoms with Crippen LogP contribution in [0.2, 0.25) is 0 Å². The lowest BCUT2D eigenvalue weighted by Gasteiger charge is -2.14. The maximum atomic E-state index is 14.5. The Morgan fingerprint density at radius 2 is 2.03 bits per heavy atom. The molecule has 3 N–H and O–H groups in total. The SMILES string of the molecule is CCc1ncn2c(NCc3c(F)ccc4c3CCO4)ncc(-c3ccccc3N)c12. The molecule has 7 heteroatoms. The highest BCUT2D eigenvalue weighted by Gasteiger charge is 2.20. The standard InChI is InChI=1S/C23H22FN5O/c1-2-20-22-17(14-5-3-4-6-19(14)25)12-27-23(29(22)13-28-20)26-11-16-15-9-10-30-21(15)8-7-18(16)24/h3-8,12-13H,2,9-11,25H2,1H3,(H,26,27). The molecule has 0 fully saturated rings. The van der Waals surface area contributed by atoms with Gasteiger partial charge in [-0.15, -0.1) is 0 Å². The summed E-state index contributed by atoms with van der Waals surface area (Å²) in [5.41, 5.74) is 12.2. The van der Waals surface area contributed by atoms with E-state index < -0.39 is 0 Å². The summed E-state index contributed by atoms with van der Waals surface area (Å²) < 4.78 is 22.0. The molecule has 1 aliphatic heterocycles. The number of aromatic nitrogens is 3. The van der Waals surface area contributed by atoms with Crippen molar-refractivity contribution in [2.24, 2.45) is 0 Å². The minimum Gasteiger partial charge on any atom is -0.493 e. The predicted molar refractivity (Wildman–Crippen MR) is 115 cm³/mol. The van der Waals surface area contributed by atoms with Crippen LogP contribution in [0.15, 0.2) is 48.9 Å². The third kappa shape index (κ3) is 2.94. The molecule has 6 nitrogen and oxygen atoms in total. The minimum atomic E-state index is -0.239. The number of nitrogens with two attached hydrogens (primary N) is 1. The van der Waals surface area contributed by atoms with Crippen LogP contribution in [0.5, 0.6) is 5.75 Å². The Morgan fingerprint density at radius 1 is 1.17 bits per heavy atom. The summed E-state index contributed by atoms with van der Waals surface area (Å²) in [4.78, 5) is 9.18. The molecule has 0 aliphatic carbocycles. The minimum absolute atomic E-state index is 0.239. The van der Waals surface area contributed by atoms with E-state index in [0.717, 1.165) is 40.1 Å². The van der Waals surface area contributed by atoms with Crippen molar-refractivity contribution in [1.29, 1.82) is 0 Å². The normalized spacial score (nSPS) is 12.7. The zero-order chi connectivity index (χ0) is 20.7. The molecule has 0 saturated carbocycles. The molecule has 152 valence electrons. The van der Waals surface area contributed by atoms with Crippen molar-refractivity contribution < 1.29 is 9.13 Å². The number of nitrogen functional groups attached to an aromatic ring is 1. The summed E-state index contributed by atoms with van der Waals surface area (Å²) >= 11 is 0. The van der Waals surface area contributed by atoms with Crippen LogP contribution in [0, 0.1) is 5.82 Å². The topological polar surface area (TPSA) is 77.5 Å². The number of para-hydroxylation sites is 1. The van der Waals surface area contributed by atoms with E-state index in [2.05, 4.69) is 22.2 Å². The second kappa shape index (κ2) is 7.33. The van der Waals surface area contributed by atoms with Gasteiger partial charge in [-0.2, -0.15) is 0 Å². The summed E-state index contributed by atoms with van der Waals surface area (Å²) in [6.07, 6.45) is 5.04. The Balaban J connectivity index is 1.56. The number of anilines is 2. The van der Waals surface area contributed by atoms with Crippen molar-refractivity contribution in [3.63, 3.8) is 0 Å². The second-order valence-electron chi connectivity index (χ2n) is 7.30. The average molecular weight is 403 g/mol. The first-order valence-corrected chi connectivity index (χ1v) is 10.0. The number of nitrogens with zero attached hydrogens (tertiary/aromatic N) is 3. The van der Waals surface area contributed by atoms with Gasteiger partial charge >= 0.3 is 0 Å². The van der Waals surface area contributed by atoms with Crippen molar-refractivity contribution in [1.82, 2.24) is 14.4 Å². The smallest absolute Gasteiger partial charge is 0.208 e. The molecular weight excluding hydrogens is 381 g/mol. The van der Waals surface area contributed by atoms with Crippen LogP contribution in [0.4, 0.5) is 16.0 Å². The van der Waals surface area contributed by atoms with Crippen LogP contribution in [0.25, 0.3) is 16.6 Å². The molecule has 0 spiro atoms. The zero-order valence-corrected chi connectivity index (χ0v) is 16.7. The lowest BCUT2D eigenvalue weighted by atomic mass is 10.0. The molecule has 0 bridgehead atoms. The first kappa shape index (κ1) is 18.4. The highest BCUT2D eigenvalue weighted by atomic mass is 19.1. The fourth-order valence-corrected chi connectivity index (χ4v) is 4.08. The number of aryl methyl sites for hydroxylation is 1. The van der Waals surface area contributed by atoms with E-state index in [4.69, 9.17) is 10.5 Å². The lowest BCUT2D eigenvalue weighted by molar-refractivity contribution is 0.356. The Kier molecular flexibility index (Phi) is 4.50. The quantitative estimate of drug-likeness (QED) is 0.488. The number of fused-ring (bicyclic) bond motifs is 2. The number of ether oxygens (including phenoxy) is 1. The molecule has 0 atom stereocenters. The maximum Gasteiger partial charge on any atom is 0.208 e. The van der Waals surface area contributed by atoms with Crippen molar-refractivity contribution in [2.75, 3.05) is 17.7 Å². The van der Waals surface area contributed by atoms with E-state index in [-0.39, 0.29) is 5.82 Å². The Morgan fingerprint density at radius 3 is 2.87 bits per heavy atom. The average Bonchev–Trinajstić information content (AvgIpc) is 3.41. The van der Waals surface area contributed by atoms with Gasteiger partial charge in [-0.3, -0.25) is 4.40 Å². The van der Waals surface area contributed by atoms with Gasteiger partial charge in [0.05, 0.1) is 17.8 Å². The summed E-state index contributed by atoms with van der Waals surface area (Å²) in [7, 11) is 0. The highest BCUT2D eigenvalue weighted by molar-refractivity contribution is 5.88. The lowest BCUT2D eigenvalue weighted by Crippen LogP contribution is -2.10. The molecule has 2 aromatic carbocycles. The van der Waals surface area contributed by atoms with Crippen LogP contribution in [0.1, 0.15) is 23.7 Å². The number of nitrogens with one attached hydrogen (secondary N) is 1. The largest absolute Gasteiger partial charge is 0.493 e. The summed E-state index contributed by atoms with van der Waals surface area (Å²) in [6, 6.07) is 10.9. The predicted octanol–water partition coefficient (Wildman–Crippen LogP) is 4.23. The molecule has 1 aliphatic rings. The Labute approximate surface area is 173 Å². The molecular formula is C23H22FN5O. The third-order valence-electron chi connectivity index (χ3n) is 5.59. The van der Waals surface area contributed by atoms with Gasteiger partial charge < -0.3 is 15.8 Å². The third-order valence-corrected chi connectivity index (χ3v) is 5.59. The molecule has 4 aromatic rings. The van der Waals surface area contributed by atoms with Crippen LogP contribution >= 0.6 is 0 Å². The van der Waals surface area contributed by atoms with Crippen molar-refractivity contribution in [2.45, 2.75) is 26.3 Å². The van der Waals surface area contributed by atoms with Gasteiger partial charge in [-0.25, -0.2) is 14.4 Å². The molecule has 0 unspecified atom stereocenters. The van der Waals surface area contributed by atoms with Crippen LogP contribution in [-0.2, 0) is 19.4 Å². The van der Waals surface area contributed by atoms with E-state index in [1.807, 2.05) is 28.7 Å². The van der Waals surface area contributed by atoms with Crippen molar-refractivity contribution in [3.8, 4) is 16.9 Å². The van der Waals surface area contributed by atoms with Gasteiger partial charge in [0.1, 0.15) is 17.9 Å². The Hall–Kier alpha value is -3.61. The van der Waals surface area contributed by atoms with Gasteiger partial charge in [0.25, 0.3) is 0 Å². The highest BCUT2D eigenvalue weighted by Crippen LogP contribution is 2.33. The summed E-state index contributed by atoms with van der Waals surface area (Å²) in [5.74, 6) is 1.13. The number of halogens is 1. The zero-order valence-electron chi connectivity index (χ0n) is 16.7. The van der Waals surface area contributed by atoms with Gasteiger partial charge in [0, 0.05) is 47.1 Å². The second-order valence-corrected chi connectivity index (χ2v) is 7.30. The van der Waals surface area contributed by atoms with Gasteiger partial charge in [0.2, 0.25) is 5.95 Å². The van der Waals surface area contributed by atoms with E-state index in [1.165, 1.54) is 6.07 Å². The Bertz CT molecular complexity index is 1250. The molecule has 2 aromatic heterocycles. The monoisotopic (exact) mass is 403 g/mol. The van der Waals surface area contributed by atoms with E-state index >= 15 is 0 Å². The van der Waals surface area contributed by atoms with Crippen LogP contribution in [0.3, 0.4) is 0 Å². The van der Waals surface area contributed by atoms with E-state index in [0.29, 0.717) is 36.8 Å². The number of imidazole rings is 1. The fraction of sp³-hybridized carbons (Fsp3) is 0.217. The van der Waals surface area contributed by atoms with Gasteiger partial charge in [-0.05, 0) is 24.6 Å². The number of benzene rings is 2. The maximum absolute atomic E-state index is 14.5. The molecule has 3 heterocycles. The number of rotatable bonds is 5. The van der Waals surface area contributed by atoms with E-state index in [1.54, 1.807) is 18.6 Å². The molecule has 0 radical (unpaired) electrons.